The molecule has 0 aliphatic heterocycles. The first-order valence-electron chi connectivity index (χ1n) is 8.76. The Labute approximate surface area is 126 Å². The Hall–Kier alpha value is -0.0800. The van der Waals surface area contributed by atoms with Crippen LogP contribution in [0.3, 0.4) is 0 Å². The lowest BCUT2D eigenvalue weighted by molar-refractivity contribution is -0.0779. The van der Waals surface area contributed by atoms with Crippen molar-refractivity contribution in [2.45, 2.75) is 97.7 Å². The fourth-order valence-electron chi connectivity index (χ4n) is 3.42. The standard InChI is InChI=1S/C18H36O2/c1-5-6-7-8-9-10-13-20-17-11-12-18(3,4)14-16(17)15(2)19/h15-17,19H,5-14H2,1-4H3. The fraction of sp³-hybridized carbons (Fsp3) is 1.00. The summed E-state index contributed by atoms with van der Waals surface area (Å²) in [5.41, 5.74) is 0.363. The van der Waals surface area contributed by atoms with Crippen molar-refractivity contribution in [3.8, 4) is 0 Å². The third kappa shape index (κ3) is 6.58. The van der Waals surface area contributed by atoms with Crippen LogP contribution in [0.4, 0.5) is 0 Å². The van der Waals surface area contributed by atoms with Gasteiger partial charge in [0, 0.05) is 12.5 Å². The van der Waals surface area contributed by atoms with E-state index in [0.29, 0.717) is 11.3 Å². The van der Waals surface area contributed by atoms with Gasteiger partial charge in [0.05, 0.1) is 12.2 Å². The van der Waals surface area contributed by atoms with E-state index in [9.17, 15) is 5.11 Å². The van der Waals surface area contributed by atoms with Gasteiger partial charge in [0.25, 0.3) is 0 Å². The predicted octanol–water partition coefficient (Wildman–Crippen LogP) is 4.94. The zero-order valence-corrected chi connectivity index (χ0v) is 14.2. The number of aliphatic hydroxyl groups excluding tert-OH is 1. The van der Waals surface area contributed by atoms with E-state index in [4.69, 9.17) is 4.74 Å². The Kier molecular flexibility index (Phi) is 8.13. The van der Waals surface area contributed by atoms with E-state index in [2.05, 4.69) is 20.8 Å². The molecule has 0 bridgehead atoms. The highest BCUT2D eigenvalue weighted by molar-refractivity contribution is 4.88. The summed E-state index contributed by atoms with van der Waals surface area (Å²) >= 11 is 0. The number of hydrogen-bond donors (Lipinski definition) is 1. The molecule has 1 aliphatic carbocycles. The topological polar surface area (TPSA) is 29.5 Å². The molecule has 1 aliphatic rings. The van der Waals surface area contributed by atoms with Gasteiger partial charge >= 0.3 is 0 Å². The summed E-state index contributed by atoms with van der Waals surface area (Å²) in [5.74, 6) is 0.318. The van der Waals surface area contributed by atoms with E-state index in [1.807, 2.05) is 6.92 Å². The predicted molar refractivity (Wildman–Crippen MR) is 85.9 cm³/mol. The largest absolute Gasteiger partial charge is 0.393 e. The van der Waals surface area contributed by atoms with E-state index in [1.165, 1.54) is 44.9 Å². The van der Waals surface area contributed by atoms with Gasteiger partial charge in [-0.05, 0) is 38.0 Å². The lowest BCUT2D eigenvalue weighted by Gasteiger charge is -2.42. The van der Waals surface area contributed by atoms with Crippen molar-refractivity contribution in [1.29, 1.82) is 0 Å². The third-order valence-electron chi connectivity index (χ3n) is 4.82. The Balaban J connectivity index is 2.21. The minimum Gasteiger partial charge on any atom is -0.393 e. The first-order valence-corrected chi connectivity index (χ1v) is 8.76. The van der Waals surface area contributed by atoms with Crippen LogP contribution >= 0.6 is 0 Å². The molecule has 0 radical (unpaired) electrons. The summed E-state index contributed by atoms with van der Waals surface area (Å²) in [7, 11) is 0. The molecule has 120 valence electrons. The molecule has 2 nitrogen and oxygen atoms in total. The lowest BCUT2D eigenvalue weighted by Crippen LogP contribution is -2.40. The minimum absolute atomic E-state index is 0.246. The molecule has 1 fully saturated rings. The Morgan fingerprint density at radius 3 is 2.45 bits per heavy atom. The second-order valence-corrected chi connectivity index (χ2v) is 7.49. The van der Waals surface area contributed by atoms with Crippen molar-refractivity contribution < 1.29 is 9.84 Å². The second kappa shape index (κ2) is 9.04. The van der Waals surface area contributed by atoms with Crippen LogP contribution in [-0.2, 0) is 4.74 Å². The van der Waals surface area contributed by atoms with E-state index >= 15 is 0 Å². The molecule has 0 heterocycles. The molecule has 0 aromatic heterocycles. The second-order valence-electron chi connectivity index (χ2n) is 7.49. The van der Waals surface area contributed by atoms with Gasteiger partial charge < -0.3 is 9.84 Å². The van der Waals surface area contributed by atoms with Gasteiger partial charge in [-0.15, -0.1) is 0 Å². The zero-order chi connectivity index (χ0) is 15.0. The molecule has 1 N–H and O–H groups in total. The molecule has 1 rings (SSSR count). The van der Waals surface area contributed by atoms with Crippen LogP contribution in [0.1, 0.15) is 85.5 Å². The molecule has 2 heteroatoms. The van der Waals surface area contributed by atoms with Crippen molar-refractivity contribution in [2.24, 2.45) is 11.3 Å². The maximum absolute atomic E-state index is 10.00. The fourth-order valence-corrected chi connectivity index (χ4v) is 3.42. The quantitative estimate of drug-likeness (QED) is 0.608. The highest BCUT2D eigenvalue weighted by atomic mass is 16.5. The molecule has 20 heavy (non-hydrogen) atoms. The van der Waals surface area contributed by atoms with E-state index in [-0.39, 0.29) is 12.2 Å². The van der Waals surface area contributed by atoms with E-state index in [1.54, 1.807) is 0 Å². The summed E-state index contributed by atoms with van der Waals surface area (Å²) in [6.07, 6.45) is 11.3. The van der Waals surface area contributed by atoms with Gasteiger partial charge in [-0.25, -0.2) is 0 Å². The van der Waals surface area contributed by atoms with Crippen molar-refractivity contribution >= 4 is 0 Å². The molecule has 0 amide bonds. The lowest BCUT2D eigenvalue weighted by atomic mass is 9.69. The van der Waals surface area contributed by atoms with Gasteiger partial charge in [0.2, 0.25) is 0 Å². The number of rotatable bonds is 9. The number of unbranched alkanes of at least 4 members (excludes halogenated alkanes) is 5. The van der Waals surface area contributed by atoms with Gasteiger partial charge in [0.1, 0.15) is 0 Å². The number of aliphatic hydroxyl groups is 1. The Bertz CT molecular complexity index is 248. The van der Waals surface area contributed by atoms with Gasteiger partial charge in [0.15, 0.2) is 0 Å². The Morgan fingerprint density at radius 2 is 1.80 bits per heavy atom. The third-order valence-corrected chi connectivity index (χ3v) is 4.82. The molecular weight excluding hydrogens is 248 g/mol. The van der Waals surface area contributed by atoms with Crippen LogP contribution < -0.4 is 0 Å². The highest BCUT2D eigenvalue weighted by Gasteiger charge is 2.37. The minimum atomic E-state index is -0.246. The zero-order valence-electron chi connectivity index (χ0n) is 14.2. The van der Waals surface area contributed by atoms with Crippen LogP contribution in [0.2, 0.25) is 0 Å². The van der Waals surface area contributed by atoms with Crippen molar-refractivity contribution in [1.82, 2.24) is 0 Å². The monoisotopic (exact) mass is 284 g/mol. The Morgan fingerprint density at radius 1 is 1.15 bits per heavy atom. The van der Waals surface area contributed by atoms with Gasteiger partial charge in [-0.1, -0.05) is 52.9 Å². The summed E-state index contributed by atoms with van der Waals surface area (Å²) in [6, 6.07) is 0. The summed E-state index contributed by atoms with van der Waals surface area (Å²) in [5, 5.41) is 10.00. The average molecular weight is 284 g/mol. The van der Waals surface area contributed by atoms with Gasteiger partial charge in [-0.3, -0.25) is 0 Å². The smallest absolute Gasteiger partial charge is 0.0628 e. The first kappa shape index (κ1) is 18.0. The molecular formula is C18H36O2. The summed E-state index contributed by atoms with van der Waals surface area (Å²) in [4.78, 5) is 0. The molecule has 1 saturated carbocycles. The average Bonchev–Trinajstić information content (AvgIpc) is 2.38. The molecule has 0 aromatic rings. The number of hydrogen-bond acceptors (Lipinski definition) is 2. The summed E-state index contributed by atoms with van der Waals surface area (Å²) in [6.45, 7) is 9.68. The van der Waals surface area contributed by atoms with Crippen LogP contribution in [0.5, 0.6) is 0 Å². The van der Waals surface area contributed by atoms with Crippen LogP contribution in [0, 0.1) is 11.3 Å². The van der Waals surface area contributed by atoms with Crippen LogP contribution in [0.15, 0.2) is 0 Å². The van der Waals surface area contributed by atoms with Crippen molar-refractivity contribution in [3.05, 3.63) is 0 Å². The SMILES string of the molecule is CCCCCCCCOC1CCC(C)(C)CC1C(C)O. The molecule has 0 spiro atoms. The maximum Gasteiger partial charge on any atom is 0.0628 e. The molecule has 0 aromatic carbocycles. The van der Waals surface area contributed by atoms with Crippen LogP contribution in [0.25, 0.3) is 0 Å². The summed E-state index contributed by atoms with van der Waals surface area (Å²) < 4.78 is 6.10. The number of ether oxygens (including phenoxy) is 1. The highest BCUT2D eigenvalue weighted by Crippen LogP contribution is 2.41. The van der Waals surface area contributed by atoms with Crippen molar-refractivity contribution in [3.63, 3.8) is 0 Å². The van der Waals surface area contributed by atoms with Crippen molar-refractivity contribution in [2.75, 3.05) is 6.61 Å². The molecule has 3 atom stereocenters. The maximum atomic E-state index is 10.00. The first-order chi connectivity index (χ1) is 9.46. The van der Waals surface area contributed by atoms with Crippen LogP contribution in [-0.4, -0.2) is 23.9 Å². The molecule has 3 unspecified atom stereocenters. The normalized spacial score (nSPS) is 27.4. The van der Waals surface area contributed by atoms with E-state index in [0.717, 1.165) is 19.4 Å². The molecule has 0 saturated heterocycles. The van der Waals surface area contributed by atoms with Gasteiger partial charge in [-0.2, -0.15) is 0 Å². The van der Waals surface area contributed by atoms with E-state index < -0.39 is 0 Å².